The Labute approximate surface area is 141 Å². The number of rotatable bonds is 8. The third-order valence-corrected chi connectivity index (χ3v) is 3.28. The minimum atomic E-state index is -0.709. The minimum absolute atomic E-state index is 0.0358. The van der Waals surface area contributed by atoms with Crippen LogP contribution in [0.3, 0.4) is 0 Å². The van der Waals surface area contributed by atoms with Crippen LogP contribution in [-0.4, -0.2) is 57.1 Å². The van der Waals surface area contributed by atoms with E-state index in [1.807, 2.05) is 43.3 Å². The number of esters is 1. The maximum atomic E-state index is 12.0. The summed E-state index contributed by atoms with van der Waals surface area (Å²) in [6, 6.07) is 7.12. The fraction of sp³-hybridized carbons (Fsp3) is 0.438. The highest BCUT2D eigenvalue weighted by Crippen LogP contribution is 2.13. The predicted molar refractivity (Wildman–Crippen MR) is 90.4 cm³/mol. The lowest BCUT2D eigenvalue weighted by molar-refractivity contribution is -0.151. The number of primary amides is 1. The van der Waals surface area contributed by atoms with E-state index in [0.29, 0.717) is 6.54 Å². The van der Waals surface area contributed by atoms with Crippen molar-refractivity contribution in [2.75, 3.05) is 39.2 Å². The topological polar surface area (TPSA) is 105 Å². The van der Waals surface area contributed by atoms with Crippen molar-refractivity contribution in [2.24, 2.45) is 5.73 Å². The molecule has 8 heteroatoms. The van der Waals surface area contributed by atoms with E-state index in [9.17, 15) is 14.4 Å². The Bertz CT molecular complexity index is 572. The maximum absolute atomic E-state index is 12.0. The van der Waals surface area contributed by atoms with Crippen molar-refractivity contribution < 1.29 is 19.1 Å². The largest absolute Gasteiger partial charge is 0.456 e. The van der Waals surface area contributed by atoms with Crippen LogP contribution in [0.4, 0.5) is 10.5 Å². The molecule has 0 bridgehead atoms. The molecule has 0 aliphatic rings. The van der Waals surface area contributed by atoms with Gasteiger partial charge in [-0.2, -0.15) is 0 Å². The smallest absolute Gasteiger partial charge is 0.312 e. The number of anilines is 1. The van der Waals surface area contributed by atoms with Crippen LogP contribution < -0.4 is 16.0 Å². The van der Waals surface area contributed by atoms with Crippen molar-refractivity contribution in [1.29, 1.82) is 0 Å². The van der Waals surface area contributed by atoms with Gasteiger partial charge >= 0.3 is 12.0 Å². The first kappa shape index (κ1) is 19.3. The van der Waals surface area contributed by atoms with Crippen molar-refractivity contribution >= 4 is 23.6 Å². The van der Waals surface area contributed by atoms with Gasteiger partial charge in [-0.25, -0.2) is 4.79 Å². The molecule has 1 aromatic rings. The van der Waals surface area contributed by atoms with Gasteiger partial charge in [0.25, 0.3) is 5.91 Å². The van der Waals surface area contributed by atoms with Crippen LogP contribution in [0.15, 0.2) is 24.3 Å². The van der Waals surface area contributed by atoms with E-state index in [-0.39, 0.29) is 25.5 Å². The van der Waals surface area contributed by atoms with Gasteiger partial charge in [0, 0.05) is 39.9 Å². The van der Waals surface area contributed by atoms with Crippen LogP contribution in [0, 0.1) is 0 Å². The zero-order valence-corrected chi connectivity index (χ0v) is 14.2. The number of amides is 3. The molecule has 0 fully saturated rings. The summed E-state index contributed by atoms with van der Waals surface area (Å²) in [7, 11) is 5.56. The normalized spacial score (nSPS) is 9.96. The minimum Gasteiger partial charge on any atom is -0.456 e. The fourth-order valence-electron chi connectivity index (χ4n) is 1.87. The number of ether oxygens (including phenoxy) is 1. The van der Waals surface area contributed by atoms with E-state index in [1.54, 1.807) is 7.05 Å². The van der Waals surface area contributed by atoms with E-state index in [1.165, 1.54) is 4.90 Å². The summed E-state index contributed by atoms with van der Waals surface area (Å²) in [6.45, 7) is 0.172. The van der Waals surface area contributed by atoms with Gasteiger partial charge < -0.3 is 25.6 Å². The Morgan fingerprint density at radius 1 is 1.12 bits per heavy atom. The zero-order chi connectivity index (χ0) is 18.1. The Morgan fingerprint density at radius 3 is 2.29 bits per heavy atom. The molecule has 0 spiro atoms. The number of urea groups is 1. The number of hydrogen-bond acceptors (Lipinski definition) is 5. The highest BCUT2D eigenvalue weighted by Gasteiger charge is 2.12. The van der Waals surface area contributed by atoms with Gasteiger partial charge in [-0.15, -0.1) is 0 Å². The maximum Gasteiger partial charge on any atom is 0.312 e. The number of likely N-dealkylation sites (N-methyl/N-ethyl adjacent to an activating group) is 1. The van der Waals surface area contributed by atoms with E-state index < -0.39 is 12.0 Å². The molecule has 0 atom stereocenters. The summed E-state index contributed by atoms with van der Waals surface area (Å²) in [6.07, 6.45) is -0.0358. The van der Waals surface area contributed by atoms with Crippen LogP contribution >= 0.6 is 0 Å². The monoisotopic (exact) mass is 336 g/mol. The molecule has 1 aromatic carbocycles. The lowest BCUT2D eigenvalue weighted by Gasteiger charge is -2.18. The molecular formula is C16H24N4O4. The van der Waals surface area contributed by atoms with Crippen molar-refractivity contribution in [1.82, 2.24) is 10.2 Å². The summed E-state index contributed by atoms with van der Waals surface area (Å²) in [5.74, 6) is -0.872. The van der Waals surface area contributed by atoms with E-state index in [4.69, 9.17) is 10.5 Å². The standard InChI is InChI=1S/C16H24N4O4/c1-19(2)13-6-4-12(5-7-13)10-20(3)14(21)11-24-15(22)8-9-18-16(17)23/h4-7H,8-11H2,1-3H3,(H3,17,18,23). The predicted octanol–water partition coefficient (Wildman–Crippen LogP) is 0.313. The van der Waals surface area contributed by atoms with Gasteiger partial charge in [-0.3, -0.25) is 9.59 Å². The number of nitrogens with one attached hydrogen (secondary N) is 1. The molecule has 0 aliphatic heterocycles. The second-order valence-corrected chi connectivity index (χ2v) is 5.51. The number of nitrogens with two attached hydrogens (primary N) is 1. The molecule has 3 amide bonds. The summed E-state index contributed by atoms with van der Waals surface area (Å²) < 4.78 is 4.87. The molecule has 0 saturated heterocycles. The third kappa shape index (κ3) is 6.99. The van der Waals surface area contributed by atoms with E-state index in [0.717, 1.165) is 11.3 Å². The fourth-order valence-corrected chi connectivity index (χ4v) is 1.87. The first-order valence-corrected chi connectivity index (χ1v) is 7.48. The van der Waals surface area contributed by atoms with Crippen LogP contribution in [0.25, 0.3) is 0 Å². The van der Waals surface area contributed by atoms with Crippen LogP contribution in [0.5, 0.6) is 0 Å². The number of carbonyl (C=O) groups excluding carboxylic acids is 3. The summed E-state index contributed by atoms with van der Waals surface area (Å²) in [5.41, 5.74) is 6.93. The van der Waals surface area contributed by atoms with Crippen LogP contribution in [0.2, 0.25) is 0 Å². The molecule has 3 N–H and O–H groups in total. The lowest BCUT2D eigenvalue weighted by atomic mass is 10.2. The van der Waals surface area contributed by atoms with Crippen molar-refractivity contribution in [2.45, 2.75) is 13.0 Å². The first-order valence-electron chi connectivity index (χ1n) is 7.48. The highest BCUT2D eigenvalue weighted by molar-refractivity contribution is 5.80. The van der Waals surface area contributed by atoms with Crippen molar-refractivity contribution in [3.8, 4) is 0 Å². The summed E-state index contributed by atoms with van der Waals surface area (Å²) >= 11 is 0. The van der Waals surface area contributed by atoms with Gasteiger partial charge in [0.15, 0.2) is 6.61 Å². The second-order valence-electron chi connectivity index (χ2n) is 5.51. The molecule has 24 heavy (non-hydrogen) atoms. The van der Waals surface area contributed by atoms with Gasteiger partial charge in [-0.1, -0.05) is 12.1 Å². The van der Waals surface area contributed by atoms with E-state index in [2.05, 4.69) is 5.32 Å². The summed E-state index contributed by atoms with van der Waals surface area (Å²) in [5, 5.41) is 2.27. The molecule has 8 nitrogen and oxygen atoms in total. The third-order valence-electron chi connectivity index (χ3n) is 3.28. The van der Waals surface area contributed by atoms with Crippen LogP contribution in [0.1, 0.15) is 12.0 Å². The molecule has 0 unspecified atom stereocenters. The Balaban J connectivity index is 2.36. The molecule has 0 saturated carbocycles. The number of nitrogens with zero attached hydrogens (tertiary/aromatic N) is 2. The highest BCUT2D eigenvalue weighted by atomic mass is 16.5. The Hall–Kier alpha value is -2.77. The first-order chi connectivity index (χ1) is 11.3. The van der Waals surface area contributed by atoms with Crippen molar-refractivity contribution in [3.63, 3.8) is 0 Å². The van der Waals surface area contributed by atoms with Gasteiger partial charge in [0.1, 0.15) is 0 Å². The summed E-state index contributed by atoms with van der Waals surface area (Å²) in [4.78, 5) is 37.3. The SMILES string of the molecule is CN(Cc1ccc(N(C)C)cc1)C(=O)COC(=O)CCNC(N)=O. The van der Waals surface area contributed by atoms with Gasteiger partial charge in [0.05, 0.1) is 6.42 Å². The molecule has 0 radical (unpaired) electrons. The zero-order valence-electron chi connectivity index (χ0n) is 14.2. The van der Waals surface area contributed by atoms with Crippen LogP contribution in [-0.2, 0) is 20.9 Å². The molecule has 1 rings (SSSR count). The molecule has 132 valence electrons. The van der Waals surface area contributed by atoms with Crippen molar-refractivity contribution in [3.05, 3.63) is 29.8 Å². The number of benzene rings is 1. The van der Waals surface area contributed by atoms with Gasteiger partial charge in [0.2, 0.25) is 0 Å². The number of carbonyl (C=O) groups is 3. The molecule has 0 aliphatic carbocycles. The molecule has 0 heterocycles. The van der Waals surface area contributed by atoms with Gasteiger partial charge in [-0.05, 0) is 17.7 Å². The Morgan fingerprint density at radius 2 is 1.75 bits per heavy atom. The quantitative estimate of drug-likeness (QED) is 0.665. The average Bonchev–Trinajstić information content (AvgIpc) is 2.52. The van der Waals surface area contributed by atoms with E-state index >= 15 is 0 Å². The Kier molecular flexibility index (Phi) is 7.54. The lowest BCUT2D eigenvalue weighted by Crippen LogP contribution is -2.33. The average molecular weight is 336 g/mol. The second kappa shape index (κ2) is 9.39. The number of hydrogen-bond donors (Lipinski definition) is 2. The molecule has 0 aromatic heterocycles. The molecular weight excluding hydrogens is 312 g/mol.